The molecule has 0 aliphatic rings. The first-order valence-corrected chi connectivity index (χ1v) is 7.78. The van der Waals surface area contributed by atoms with E-state index in [1.807, 2.05) is 13.8 Å². The molecule has 2 rings (SSSR count). The largest absolute Gasteiger partial charge is 0.465 e. The number of aryl methyl sites for hydroxylation is 1. The Hall–Kier alpha value is -2.53. The summed E-state index contributed by atoms with van der Waals surface area (Å²) in [6.45, 7) is 3.80. The molecular formula is C18H19ClN2O3. The Morgan fingerprint density at radius 3 is 2.58 bits per heavy atom. The van der Waals surface area contributed by atoms with Crippen LogP contribution in [-0.2, 0) is 9.53 Å². The topological polar surface area (TPSA) is 67.4 Å². The molecule has 0 heterocycles. The molecule has 0 aliphatic carbocycles. The van der Waals surface area contributed by atoms with Gasteiger partial charge in [-0.1, -0.05) is 23.7 Å². The summed E-state index contributed by atoms with van der Waals surface area (Å²) in [6.07, 6.45) is 0. The smallest absolute Gasteiger partial charge is 0.337 e. The van der Waals surface area contributed by atoms with Crippen molar-refractivity contribution in [2.45, 2.75) is 13.8 Å². The van der Waals surface area contributed by atoms with Gasteiger partial charge in [-0.2, -0.15) is 0 Å². The summed E-state index contributed by atoms with van der Waals surface area (Å²) in [5, 5.41) is 6.44. The van der Waals surface area contributed by atoms with Crippen molar-refractivity contribution in [2.24, 2.45) is 0 Å². The van der Waals surface area contributed by atoms with Crippen molar-refractivity contribution in [3.05, 3.63) is 58.1 Å². The Labute approximate surface area is 146 Å². The molecule has 24 heavy (non-hydrogen) atoms. The van der Waals surface area contributed by atoms with E-state index in [4.69, 9.17) is 16.3 Å². The number of hydrogen-bond donors (Lipinski definition) is 2. The lowest BCUT2D eigenvalue weighted by atomic mass is 10.1. The lowest BCUT2D eigenvalue weighted by Crippen LogP contribution is -2.22. The van der Waals surface area contributed by atoms with Gasteiger partial charge in [0, 0.05) is 16.4 Å². The highest BCUT2D eigenvalue weighted by atomic mass is 35.5. The minimum atomic E-state index is -0.419. The predicted molar refractivity (Wildman–Crippen MR) is 95.8 cm³/mol. The van der Waals surface area contributed by atoms with E-state index in [1.165, 1.54) is 7.11 Å². The maximum atomic E-state index is 12.1. The van der Waals surface area contributed by atoms with E-state index in [1.54, 1.807) is 36.4 Å². The zero-order valence-electron chi connectivity index (χ0n) is 13.8. The second kappa shape index (κ2) is 7.84. The minimum absolute atomic E-state index is 0.0669. The first kappa shape index (κ1) is 17.8. The van der Waals surface area contributed by atoms with Gasteiger partial charge in [0.1, 0.15) is 0 Å². The number of nitrogens with one attached hydrogen (secondary N) is 2. The van der Waals surface area contributed by atoms with Gasteiger partial charge in [0.15, 0.2) is 0 Å². The molecule has 0 unspecified atom stereocenters. The molecule has 0 bridgehead atoms. The zero-order chi connectivity index (χ0) is 17.7. The van der Waals surface area contributed by atoms with Gasteiger partial charge in [0.05, 0.1) is 19.2 Å². The SMILES string of the molecule is COC(=O)c1ccc(C)c(NCC(=O)Nc2cccc(Cl)c2C)c1. The molecule has 0 aliphatic heterocycles. The van der Waals surface area contributed by atoms with E-state index < -0.39 is 5.97 Å². The molecule has 2 N–H and O–H groups in total. The molecule has 0 spiro atoms. The Bertz CT molecular complexity index is 775. The van der Waals surface area contributed by atoms with E-state index in [9.17, 15) is 9.59 Å². The molecular weight excluding hydrogens is 328 g/mol. The fraction of sp³-hybridized carbons (Fsp3) is 0.222. The predicted octanol–water partition coefficient (Wildman–Crippen LogP) is 3.79. The third-order valence-corrected chi connectivity index (χ3v) is 4.05. The van der Waals surface area contributed by atoms with Crippen LogP contribution in [0, 0.1) is 13.8 Å². The first-order valence-electron chi connectivity index (χ1n) is 7.40. The van der Waals surface area contributed by atoms with Gasteiger partial charge >= 0.3 is 5.97 Å². The highest BCUT2D eigenvalue weighted by Gasteiger charge is 2.10. The van der Waals surface area contributed by atoms with Crippen LogP contribution in [0.4, 0.5) is 11.4 Å². The van der Waals surface area contributed by atoms with E-state index in [0.717, 1.165) is 11.1 Å². The number of carbonyl (C=O) groups excluding carboxylic acids is 2. The van der Waals surface area contributed by atoms with Crippen LogP contribution in [0.5, 0.6) is 0 Å². The summed E-state index contributed by atoms with van der Waals surface area (Å²) in [7, 11) is 1.33. The third kappa shape index (κ3) is 4.26. The molecule has 0 atom stereocenters. The van der Waals surface area contributed by atoms with Crippen molar-refractivity contribution in [3.8, 4) is 0 Å². The molecule has 1 amide bonds. The maximum absolute atomic E-state index is 12.1. The highest BCUT2D eigenvalue weighted by molar-refractivity contribution is 6.31. The first-order chi connectivity index (χ1) is 11.4. The number of esters is 1. The van der Waals surface area contributed by atoms with Gasteiger partial charge in [0.25, 0.3) is 0 Å². The van der Waals surface area contributed by atoms with Crippen molar-refractivity contribution in [1.29, 1.82) is 0 Å². The number of halogens is 1. The fourth-order valence-electron chi connectivity index (χ4n) is 2.17. The summed E-state index contributed by atoms with van der Waals surface area (Å²) in [4.78, 5) is 23.7. The van der Waals surface area contributed by atoms with Gasteiger partial charge in [-0.25, -0.2) is 4.79 Å². The van der Waals surface area contributed by atoms with Crippen LogP contribution in [0.15, 0.2) is 36.4 Å². The van der Waals surface area contributed by atoms with Crippen LogP contribution >= 0.6 is 11.6 Å². The number of amides is 1. The number of anilines is 2. The van der Waals surface area contributed by atoms with Crippen LogP contribution < -0.4 is 10.6 Å². The fourth-order valence-corrected chi connectivity index (χ4v) is 2.34. The number of carbonyl (C=O) groups is 2. The van der Waals surface area contributed by atoms with E-state index in [-0.39, 0.29) is 12.5 Å². The monoisotopic (exact) mass is 346 g/mol. The molecule has 2 aromatic rings. The molecule has 0 saturated carbocycles. The Balaban J connectivity index is 2.04. The maximum Gasteiger partial charge on any atom is 0.337 e. The van der Waals surface area contributed by atoms with Crippen LogP contribution in [0.25, 0.3) is 0 Å². The average molecular weight is 347 g/mol. The Morgan fingerprint density at radius 1 is 1.12 bits per heavy atom. The van der Waals surface area contributed by atoms with Crippen molar-refractivity contribution < 1.29 is 14.3 Å². The summed E-state index contributed by atoms with van der Waals surface area (Å²) < 4.78 is 4.70. The number of ether oxygens (including phenoxy) is 1. The standard InChI is InChI=1S/C18H19ClN2O3/c1-11-7-8-13(18(23)24-3)9-16(11)20-10-17(22)21-15-6-4-5-14(19)12(15)2/h4-9,20H,10H2,1-3H3,(H,21,22). The van der Waals surface area contributed by atoms with Gasteiger partial charge in [-0.15, -0.1) is 0 Å². The molecule has 0 fully saturated rings. The van der Waals surface area contributed by atoms with Gasteiger partial charge < -0.3 is 15.4 Å². The summed E-state index contributed by atoms with van der Waals surface area (Å²) >= 11 is 6.04. The minimum Gasteiger partial charge on any atom is -0.465 e. The molecule has 0 saturated heterocycles. The van der Waals surface area contributed by atoms with Crippen LogP contribution in [0.1, 0.15) is 21.5 Å². The quantitative estimate of drug-likeness (QED) is 0.808. The highest BCUT2D eigenvalue weighted by Crippen LogP contribution is 2.23. The molecule has 6 heteroatoms. The Morgan fingerprint density at radius 2 is 1.88 bits per heavy atom. The molecule has 0 aromatic heterocycles. The number of methoxy groups -OCH3 is 1. The number of benzene rings is 2. The Kier molecular flexibility index (Phi) is 5.82. The second-order valence-corrected chi connectivity index (χ2v) is 5.74. The van der Waals surface area contributed by atoms with Gasteiger partial charge in [-0.3, -0.25) is 4.79 Å². The third-order valence-electron chi connectivity index (χ3n) is 3.64. The van der Waals surface area contributed by atoms with E-state index >= 15 is 0 Å². The lowest BCUT2D eigenvalue weighted by Gasteiger charge is -2.13. The van der Waals surface area contributed by atoms with Crippen LogP contribution in [0.2, 0.25) is 5.02 Å². The number of rotatable bonds is 5. The molecule has 0 radical (unpaired) electrons. The van der Waals surface area contributed by atoms with Crippen LogP contribution in [0.3, 0.4) is 0 Å². The number of hydrogen-bond acceptors (Lipinski definition) is 4. The van der Waals surface area contributed by atoms with Crippen molar-refractivity contribution in [2.75, 3.05) is 24.3 Å². The second-order valence-electron chi connectivity index (χ2n) is 5.34. The average Bonchev–Trinajstić information content (AvgIpc) is 2.57. The van der Waals surface area contributed by atoms with Gasteiger partial charge in [0.2, 0.25) is 5.91 Å². The summed E-state index contributed by atoms with van der Waals surface area (Å²) in [5.41, 5.74) is 3.55. The van der Waals surface area contributed by atoms with Gasteiger partial charge in [-0.05, 0) is 49.2 Å². The molecule has 5 nitrogen and oxygen atoms in total. The van der Waals surface area contributed by atoms with E-state index in [0.29, 0.717) is 22.0 Å². The lowest BCUT2D eigenvalue weighted by molar-refractivity contribution is -0.114. The normalized spacial score (nSPS) is 10.2. The van der Waals surface area contributed by atoms with Crippen molar-refractivity contribution in [1.82, 2.24) is 0 Å². The summed E-state index contributed by atoms with van der Waals surface area (Å²) in [6, 6.07) is 10.5. The van der Waals surface area contributed by atoms with Crippen molar-refractivity contribution >= 4 is 34.9 Å². The molecule has 2 aromatic carbocycles. The van der Waals surface area contributed by atoms with Crippen LogP contribution in [-0.4, -0.2) is 25.5 Å². The van der Waals surface area contributed by atoms with E-state index in [2.05, 4.69) is 10.6 Å². The molecule has 126 valence electrons. The van der Waals surface area contributed by atoms with Crippen molar-refractivity contribution in [3.63, 3.8) is 0 Å². The summed E-state index contributed by atoms with van der Waals surface area (Å²) in [5.74, 6) is -0.625. The zero-order valence-corrected chi connectivity index (χ0v) is 14.5.